The fourth-order valence-corrected chi connectivity index (χ4v) is 3.43. The van der Waals surface area contributed by atoms with Crippen molar-refractivity contribution in [2.24, 2.45) is 0 Å². The number of nitrogens with zero attached hydrogens (tertiary/aromatic N) is 4. The summed E-state index contributed by atoms with van der Waals surface area (Å²) < 4.78 is 0. The van der Waals surface area contributed by atoms with Gasteiger partial charge in [0.1, 0.15) is 5.82 Å². The number of anilines is 3. The number of nitrogens with one attached hydrogen (secondary N) is 2. The second-order valence-electron chi connectivity index (χ2n) is 6.72. The van der Waals surface area contributed by atoms with Crippen LogP contribution in [0.1, 0.15) is 0 Å². The van der Waals surface area contributed by atoms with E-state index in [1.54, 1.807) is 12.4 Å². The molecule has 0 unspecified atom stereocenters. The Hall–Kier alpha value is -3.67. The summed E-state index contributed by atoms with van der Waals surface area (Å²) in [6, 6.07) is 12.2. The molecular formula is C21H18N6. The van der Waals surface area contributed by atoms with Crippen LogP contribution in [-0.4, -0.2) is 34.0 Å². The Labute approximate surface area is 155 Å². The summed E-state index contributed by atoms with van der Waals surface area (Å²) in [4.78, 5) is 19.1. The largest absolute Gasteiger partial charge is 0.378 e. The van der Waals surface area contributed by atoms with Gasteiger partial charge >= 0.3 is 0 Å². The molecule has 4 aromatic heterocycles. The molecule has 0 bridgehead atoms. The Morgan fingerprint density at radius 2 is 1.78 bits per heavy atom. The third-order valence-corrected chi connectivity index (χ3v) is 4.76. The van der Waals surface area contributed by atoms with Gasteiger partial charge in [0.2, 0.25) is 0 Å². The lowest BCUT2D eigenvalue weighted by molar-refractivity contribution is 1.13. The smallest absolute Gasteiger partial charge is 0.141 e. The van der Waals surface area contributed by atoms with Crippen molar-refractivity contribution in [3.05, 3.63) is 61.2 Å². The molecule has 132 valence electrons. The van der Waals surface area contributed by atoms with Gasteiger partial charge < -0.3 is 15.2 Å². The first-order valence-corrected chi connectivity index (χ1v) is 8.74. The van der Waals surface area contributed by atoms with Crippen molar-refractivity contribution in [2.75, 3.05) is 24.3 Å². The number of aromatic amines is 1. The molecule has 0 amide bonds. The van der Waals surface area contributed by atoms with Crippen LogP contribution in [0.3, 0.4) is 0 Å². The van der Waals surface area contributed by atoms with E-state index in [0.29, 0.717) is 0 Å². The number of pyridine rings is 3. The van der Waals surface area contributed by atoms with E-state index in [1.165, 1.54) is 0 Å². The molecule has 6 heteroatoms. The van der Waals surface area contributed by atoms with Gasteiger partial charge in [-0.05, 0) is 30.3 Å². The zero-order valence-corrected chi connectivity index (χ0v) is 15.1. The van der Waals surface area contributed by atoms with E-state index >= 15 is 0 Å². The molecule has 0 aliphatic carbocycles. The number of fused-ring (bicyclic) bond motifs is 5. The summed E-state index contributed by atoms with van der Waals surface area (Å²) in [5.74, 6) is 0.804. The number of benzene rings is 1. The van der Waals surface area contributed by atoms with Crippen molar-refractivity contribution in [1.82, 2.24) is 19.9 Å². The van der Waals surface area contributed by atoms with E-state index in [4.69, 9.17) is 4.98 Å². The van der Waals surface area contributed by atoms with Crippen LogP contribution >= 0.6 is 0 Å². The highest BCUT2D eigenvalue weighted by atomic mass is 15.1. The highest BCUT2D eigenvalue weighted by Gasteiger charge is 2.15. The van der Waals surface area contributed by atoms with Crippen LogP contribution < -0.4 is 10.2 Å². The molecule has 0 aliphatic heterocycles. The quantitative estimate of drug-likeness (QED) is 0.500. The topological polar surface area (TPSA) is 69.7 Å². The Bertz CT molecular complexity index is 1290. The Balaban J connectivity index is 1.78. The highest BCUT2D eigenvalue weighted by molar-refractivity contribution is 6.20. The zero-order chi connectivity index (χ0) is 18.4. The fourth-order valence-electron chi connectivity index (χ4n) is 3.43. The average Bonchev–Trinajstić information content (AvgIpc) is 3.08. The average molecular weight is 354 g/mol. The Kier molecular flexibility index (Phi) is 3.43. The van der Waals surface area contributed by atoms with Crippen LogP contribution in [0.15, 0.2) is 61.2 Å². The maximum absolute atomic E-state index is 4.88. The second kappa shape index (κ2) is 5.95. The lowest BCUT2D eigenvalue weighted by atomic mass is 10.1. The van der Waals surface area contributed by atoms with E-state index in [-0.39, 0.29) is 0 Å². The number of H-pyrrole nitrogens is 1. The molecule has 0 saturated carbocycles. The molecule has 0 spiro atoms. The standard InChI is InChI=1S/C21H18N6/c1-27(2)14-5-3-4-13(10-14)24-21-19-15-11-22-8-6-17(15)25-20(19)16-12-23-9-7-18(16)26-21/h3-12,25H,1-2H3,(H,24,26). The van der Waals surface area contributed by atoms with Crippen molar-refractivity contribution in [2.45, 2.75) is 0 Å². The van der Waals surface area contributed by atoms with Crippen LogP contribution in [-0.2, 0) is 0 Å². The zero-order valence-electron chi connectivity index (χ0n) is 15.1. The lowest BCUT2D eigenvalue weighted by Crippen LogP contribution is -2.08. The molecule has 27 heavy (non-hydrogen) atoms. The molecule has 5 rings (SSSR count). The molecule has 5 aromatic rings. The minimum absolute atomic E-state index is 0.804. The van der Waals surface area contributed by atoms with Gasteiger partial charge in [-0.3, -0.25) is 9.97 Å². The van der Waals surface area contributed by atoms with Crippen LogP contribution in [0.4, 0.5) is 17.2 Å². The maximum Gasteiger partial charge on any atom is 0.141 e. The SMILES string of the molecule is CN(C)c1cccc(Nc2nc3ccncc3c3[nH]c4ccncc4c23)c1. The van der Waals surface area contributed by atoms with Crippen LogP contribution in [0.5, 0.6) is 0 Å². The highest BCUT2D eigenvalue weighted by Crippen LogP contribution is 2.35. The van der Waals surface area contributed by atoms with Gasteiger partial charge in [0.25, 0.3) is 0 Å². The fraction of sp³-hybridized carbons (Fsp3) is 0.0952. The maximum atomic E-state index is 4.88. The monoisotopic (exact) mass is 354 g/mol. The molecule has 0 atom stereocenters. The molecule has 0 radical (unpaired) electrons. The number of hydrogen-bond acceptors (Lipinski definition) is 5. The van der Waals surface area contributed by atoms with Crippen molar-refractivity contribution >= 4 is 49.9 Å². The molecule has 6 nitrogen and oxygen atoms in total. The summed E-state index contributed by atoms with van der Waals surface area (Å²) in [5.41, 5.74) is 5.05. The Morgan fingerprint density at radius 1 is 0.963 bits per heavy atom. The van der Waals surface area contributed by atoms with Crippen LogP contribution in [0.25, 0.3) is 32.7 Å². The third-order valence-electron chi connectivity index (χ3n) is 4.76. The van der Waals surface area contributed by atoms with Gasteiger partial charge in [0, 0.05) is 66.5 Å². The summed E-state index contributed by atoms with van der Waals surface area (Å²) in [7, 11) is 4.06. The van der Waals surface area contributed by atoms with Crippen LogP contribution in [0, 0.1) is 0 Å². The molecule has 0 aliphatic rings. The number of hydrogen-bond donors (Lipinski definition) is 2. The van der Waals surface area contributed by atoms with E-state index in [1.807, 2.05) is 50.8 Å². The minimum atomic E-state index is 0.804. The number of rotatable bonds is 3. The van der Waals surface area contributed by atoms with E-state index in [9.17, 15) is 0 Å². The van der Waals surface area contributed by atoms with Gasteiger partial charge in [-0.2, -0.15) is 0 Å². The van der Waals surface area contributed by atoms with Gasteiger partial charge in [-0.25, -0.2) is 4.98 Å². The summed E-state index contributed by atoms with van der Waals surface area (Å²) in [6.07, 6.45) is 7.28. The predicted octanol–water partition coefficient (Wildman–Crippen LogP) is 4.47. The third kappa shape index (κ3) is 2.54. The van der Waals surface area contributed by atoms with E-state index in [2.05, 4.69) is 37.3 Å². The summed E-state index contributed by atoms with van der Waals surface area (Å²) in [6.45, 7) is 0. The first-order chi connectivity index (χ1) is 13.2. The number of aromatic nitrogens is 4. The molecule has 2 N–H and O–H groups in total. The molecule has 0 saturated heterocycles. The van der Waals surface area contributed by atoms with Crippen LogP contribution in [0.2, 0.25) is 0 Å². The van der Waals surface area contributed by atoms with Gasteiger partial charge in [0.15, 0.2) is 0 Å². The van der Waals surface area contributed by atoms with Gasteiger partial charge in [-0.1, -0.05) is 6.07 Å². The van der Waals surface area contributed by atoms with E-state index < -0.39 is 0 Å². The molecule has 0 fully saturated rings. The van der Waals surface area contributed by atoms with Crippen molar-refractivity contribution in [3.8, 4) is 0 Å². The first kappa shape index (κ1) is 15.6. The lowest BCUT2D eigenvalue weighted by Gasteiger charge is -2.15. The first-order valence-electron chi connectivity index (χ1n) is 8.74. The van der Waals surface area contributed by atoms with Crippen molar-refractivity contribution in [1.29, 1.82) is 0 Å². The van der Waals surface area contributed by atoms with Crippen molar-refractivity contribution in [3.63, 3.8) is 0 Å². The van der Waals surface area contributed by atoms with Gasteiger partial charge in [-0.15, -0.1) is 0 Å². The Morgan fingerprint density at radius 3 is 2.63 bits per heavy atom. The molecular weight excluding hydrogens is 336 g/mol. The van der Waals surface area contributed by atoms with E-state index in [0.717, 1.165) is 49.9 Å². The van der Waals surface area contributed by atoms with Crippen molar-refractivity contribution < 1.29 is 0 Å². The summed E-state index contributed by atoms with van der Waals surface area (Å²) in [5, 5.41) is 6.56. The summed E-state index contributed by atoms with van der Waals surface area (Å²) >= 11 is 0. The normalized spacial score (nSPS) is 11.3. The predicted molar refractivity (Wildman–Crippen MR) is 111 cm³/mol. The molecule has 4 heterocycles. The second-order valence-corrected chi connectivity index (χ2v) is 6.72. The van der Waals surface area contributed by atoms with Gasteiger partial charge in [0.05, 0.1) is 16.4 Å². The molecule has 1 aromatic carbocycles. The minimum Gasteiger partial charge on any atom is -0.378 e.